The normalized spacial score (nSPS) is 26.5. The Morgan fingerprint density at radius 2 is 2.04 bits per heavy atom. The van der Waals surface area contributed by atoms with Crippen molar-refractivity contribution in [3.05, 3.63) is 35.1 Å². The molecule has 2 saturated heterocycles. The van der Waals surface area contributed by atoms with Crippen molar-refractivity contribution in [1.29, 1.82) is 0 Å². The van der Waals surface area contributed by atoms with Crippen molar-refractivity contribution >= 4 is 22.4 Å². The van der Waals surface area contributed by atoms with Gasteiger partial charge < -0.3 is 15.0 Å². The number of amides is 1. The molecular formula is C19H23N5O2S. The van der Waals surface area contributed by atoms with Gasteiger partial charge in [0.05, 0.1) is 12.1 Å². The lowest BCUT2D eigenvalue weighted by molar-refractivity contribution is -0.129. The minimum Gasteiger partial charge on any atom is -0.381 e. The van der Waals surface area contributed by atoms with Crippen molar-refractivity contribution in [2.45, 2.75) is 56.1 Å². The molecule has 3 fully saturated rings. The Bertz CT molecular complexity index is 803. The van der Waals surface area contributed by atoms with Crippen LogP contribution < -0.4 is 5.32 Å². The maximum atomic E-state index is 12.7. The molecule has 1 aliphatic carbocycles. The van der Waals surface area contributed by atoms with Gasteiger partial charge in [-0.2, -0.15) is 0 Å². The maximum absolute atomic E-state index is 12.7. The molecule has 1 saturated carbocycles. The van der Waals surface area contributed by atoms with Crippen LogP contribution in [0, 0.1) is 0 Å². The molecular weight excluding hydrogens is 362 g/mol. The van der Waals surface area contributed by atoms with Gasteiger partial charge in [0.15, 0.2) is 0 Å². The second-order valence-corrected chi connectivity index (χ2v) is 8.56. The highest BCUT2D eigenvalue weighted by molar-refractivity contribution is 7.15. The first-order valence-electron chi connectivity index (χ1n) is 9.68. The van der Waals surface area contributed by atoms with Gasteiger partial charge in [-0.05, 0) is 37.3 Å². The van der Waals surface area contributed by atoms with E-state index in [1.807, 2.05) is 12.3 Å². The molecule has 0 radical (unpaired) electrons. The van der Waals surface area contributed by atoms with Gasteiger partial charge in [0, 0.05) is 44.0 Å². The number of rotatable bonds is 5. The number of nitrogens with one attached hydrogen (secondary N) is 1. The van der Waals surface area contributed by atoms with Crippen molar-refractivity contribution in [1.82, 2.24) is 20.1 Å². The van der Waals surface area contributed by atoms with Gasteiger partial charge in [0.25, 0.3) is 0 Å². The number of likely N-dealkylation sites (tertiary alicyclic amines) is 1. The third kappa shape index (κ3) is 3.43. The predicted octanol–water partition coefficient (Wildman–Crippen LogP) is 2.74. The van der Waals surface area contributed by atoms with Crippen LogP contribution in [0.4, 0.5) is 5.13 Å². The highest BCUT2D eigenvalue weighted by atomic mass is 32.1. The summed E-state index contributed by atoms with van der Waals surface area (Å²) >= 11 is 1.62. The summed E-state index contributed by atoms with van der Waals surface area (Å²) in [5.41, 5.74) is 1.09. The Labute approximate surface area is 162 Å². The summed E-state index contributed by atoms with van der Waals surface area (Å²) < 4.78 is 5.44. The minimum atomic E-state index is -0.00205. The van der Waals surface area contributed by atoms with Crippen molar-refractivity contribution in [3.8, 4) is 0 Å². The number of ether oxygens (including phenoxy) is 1. The number of hydrogen-bond donors (Lipinski definition) is 1. The lowest BCUT2D eigenvalue weighted by atomic mass is 10.0. The molecule has 7 nitrogen and oxygen atoms in total. The lowest BCUT2D eigenvalue weighted by Gasteiger charge is -2.28. The summed E-state index contributed by atoms with van der Waals surface area (Å²) in [5.74, 6) is 0.659. The number of aromatic nitrogens is 3. The second kappa shape index (κ2) is 7.16. The standard InChI is InChI=1S/C19H23N5O2S/c25-16-10-15(17(24(16)14-3-4-14)13-2-1-7-20-11-13)21-19-23-22-18(27-19)12-5-8-26-9-6-12/h1-2,7,11-12,14-15,17H,3-6,8-10H2,(H,21,23)/t15-,17+/m1/s1. The molecule has 27 heavy (non-hydrogen) atoms. The van der Waals surface area contributed by atoms with Gasteiger partial charge in [-0.15, -0.1) is 10.2 Å². The van der Waals surface area contributed by atoms with E-state index < -0.39 is 0 Å². The van der Waals surface area contributed by atoms with E-state index in [-0.39, 0.29) is 18.0 Å². The fourth-order valence-corrected chi connectivity index (χ4v) is 5.15. The number of anilines is 1. The number of carbonyl (C=O) groups is 1. The minimum absolute atomic E-state index is 0.00205. The summed E-state index contributed by atoms with van der Waals surface area (Å²) in [6.45, 7) is 1.59. The van der Waals surface area contributed by atoms with Gasteiger partial charge >= 0.3 is 0 Å². The Balaban J connectivity index is 1.37. The highest BCUT2D eigenvalue weighted by Crippen LogP contribution is 2.43. The van der Waals surface area contributed by atoms with Gasteiger partial charge in [0.2, 0.25) is 11.0 Å². The van der Waals surface area contributed by atoms with Crippen LogP contribution >= 0.6 is 11.3 Å². The molecule has 0 unspecified atom stereocenters. The molecule has 0 bridgehead atoms. The zero-order valence-electron chi connectivity index (χ0n) is 15.1. The molecule has 0 spiro atoms. The van der Waals surface area contributed by atoms with E-state index in [4.69, 9.17) is 4.74 Å². The molecule has 8 heteroatoms. The summed E-state index contributed by atoms with van der Waals surface area (Å²) in [4.78, 5) is 19.0. The quantitative estimate of drug-likeness (QED) is 0.852. The van der Waals surface area contributed by atoms with Crippen molar-refractivity contribution in [2.75, 3.05) is 18.5 Å². The summed E-state index contributed by atoms with van der Waals surface area (Å²) in [5, 5.41) is 14.2. The molecule has 2 aromatic heterocycles. The van der Waals surface area contributed by atoms with Gasteiger partial charge in [-0.3, -0.25) is 9.78 Å². The van der Waals surface area contributed by atoms with Crippen molar-refractivity contribution in [2.24, 2.45) is 0 Å². The van der Waals surface area contributed by atoms with Crippen LogP contribution in [0.1, 0.15) is 54.6 Å². The topological polar surface area (TPSA) is 80.2 Å². The first-order chi connectivity index (χ1) is 13.3. The van der Waals surface area contributed by atoms with Crippen LogP contribution in [0.2, 0.25) is 0 Å². The fraction of sp³-hybridized carbons (Fsp3) is 0.579. The molecule has 2 aliphatic heterocycles. The van der Waals surface area contributed by atoms with E-state index in [0.717, 1.165) is 54.6 Å². The van der Waals surface area contributed by atoms with Crippen LogP contribution in [0.3, 0.4) is 0 Å². The zero-order valence-corrected chi connectivity index (χ0v) is 15.9. The highest BCUT2D eigenvalue weighted by Gasteiger charge is 2.47. The summed E-state index contributed by atoms with van der Waals surface area (Å²) in [7, 11) is 0. The lowest BCUT2D eigenvalue weighted by Crippen LogP contribution is -2.34. The molecule has 1 amide bonds. The Morgan fingerprint density at radius 3 is 2.78 bits per heavy atom. The largest absolute Gasteiger partial charge is 0.381 e. The number of pyridine rings is 1. The summed E-state index contributed by atoms with van der Waals surface area (Å²) in [6.07, 6.45) is 8.34. The van der Waals surface area contributed by atoms with E-state index in [0.29, 0.717) is 18.4 Å². The molecule has 2 atom stereocenters. The second-order valence-electron chi connectivity index (χ2n) is 7.55. The van der Waals surface area contributed by atoms with E-state index >= 15 is 0 Å². The van der Waals surface area contributed by atoms with Crippen LogP contribution in [-0.2, 0) is 9.53 Å². The van der Waals surface area contributed by atoms with Gasteiger partial charge in [-0.25, -0.2) is 0 Å². The Hall–Kier alpha value is -2.06. The predicted molar refractivity (Wildman–Crippen MR) is 102 cm³/mol. The van der Waals surface area contributed by atoms with E-state index in [1.54, 1.807) is 17.5 Å². The van der Waals surface area contributed by atoms with E-state index in [1.165, 1.54) is 0 Å². The first kappa shape index (κ1) is 17.1. The zero-order chi connectivity index (χ0) is 18.2. The van der Waals surface area contributed by atoms with E-state index in [9.17, 15) is 4.79 Å². The first-order valence-corrected chi connectivity index (χ1v) is 10.5. The number of nitrogens with zero attached hydrogens (tertiary/aromatic N) is 4. The van der Waals surface area contributed by atoms with E-state index in [2.05, 4.69) is 31.5 Å². The van der Waals surface area contributed by atoms with Gasteiger partial charge in [0.1, 0.15) is 5.01 Å². The van der Waals surface area contributed by atoms with Crippen molar-refractivity contribution < 1.29 is 9.53 Å². The molecule has 3 aliphatic rings. The average Bonchev–Trinajstić information content (AvgIpc) is 3.35. The van der Waals surface area contributed by atoms with Crippen molar-refractivity contribution in [3.63, 3.8) is 0 Å². The Kier molecular flexibility index (Phi) is 4.53. The average molecular weight is 385 g/mol. The van der Waals surface area contributed by atoms with Crippen LogP contribution in [0.25, 0.3) is 0 Å². The van der Waals surface area contributed by atoms with Crippen LogP contribution in [-0.4, -0.2) is 51.3 Å². The molecule has 1 N–H and O–H groups in total. The summed E-state index contributed by atoms with van der Waals surface area (Å²) in [6, 6.07) is 4.39. The molecule has 5 rings (SSSR count). The monoisotopic (exact) mass is 385 g/mol. The molecule has 0 aromatic carbocycles. The number of carbonyl (C=O) groups excluding carboxylic acids is 1. The number of hydrogen-bond acceptors (Lipinski definition) is 7. The fourth-order valence-electron chi connectivity index (χ4n) is 4.17. The third-order valence-electron chi connectivity index (χ3n) is 5.65. The van der Waals surface area contributed by atoms with Crippen LogP contribution in [0.5, 0.6) is 0 Å². The Morgan fingerprint density at radius 1 is 1.19 bits per heavy atom. The van der Waals surface area contributed by atoms with Crippen LogP contribution in [0.15, 0.2) is 24.5 Å². The van der Waals surface area contributed by atoms with Gasteiger partial charge in [-0.1, -0.05) is 17.4 Å². The molecule has 4 heterocycles. The SMILES string of the molecule is O=C1C[C@@H](Nc2nnc(C3CCOCC3)s2)[C@H](c2cccnc2)N1C1CC1. The smallest absolute Gasteiger partial charge is 0.225 e. The third-order valence-corrected chi connectivity index (χ3v) is 6.67. The maximum Gasteiger partial charge on any atom is 0.225 e. The molecule has 2 aromatic rings. The molecule has 142 valence electrons.